The molecule has 0 saturated carbocycles. The van der Waals surface area contributed by atoms with E-state index in [0.717, 1.165) is 45.4 Å². The number of fused-ring (bicyclic) bond motifs is 1. The van der Waals surface area contributed by atoms with E-state index in [1.807, 2.05) is 69.9 Å². The van der Waals surface area contributed by atoms with Crippen molar-refractivity contribution in [1.82, 2.24) is 9.80 Å². The van der Waals surface area contributed by atoms with E-state index in [1.54, 1.807) is 23.2 Å². The highest BCUT2D eigenvalue weighted by Crippen LogP contribution is 2.40. The van der Waals surface area contributed by atoms with Crippen molar-refractivity contribution in [3.8, 4) is 0 Å². The lowest BCUT2D eigenvalue weighted by Crippen LogP contribution is -2.48. The molecule has 2 aliphatic rings. The maximum Gasteiger partial charge on any atom is 0.410 e. The standard InChI is InChI=1S/C28H34BrClN4O3/c1-17-10-19(30)13-21(11-17)34-16-31-24-12-18(2)23(29)14-22(24)25(34)26(35)32(6)15-20-8-7-9-33(20)27(36)37-28(3,4)5/h10-14,16,20,25H,7-9,15H2,1-6H3/t20-,25?/m0/s1. The van der Waals surface area contributed by atoms with Crippen LogP contribution in [-0.4, -0.2) is 59.9 Å². The van der Waals surface area contributed by atoms with Gasteiger partial charge in [-0.3, -0.25) is 4.79 Å². The van der Waals surface area contributed by atoms with Crippen molar-refractivity contribution in [2.75, 3.05) is 25.0 Å². The average molecular weight is 590 g/mol. The number of likely N-dealkylation sites (N-methyl/N-ethyl adjacent to an activating group) is 1. The van der Waals surface area contributed by atoms with Crippen molar-refractivity contribution in [2.24, 2.45) is 4.99 Å². The zero-order valence-corrected chi connectivity index (χ0v) is 24.6. The molecule has 37 heavy (non-hydrogen) atoms. The van der Waals surface area contributed by atoms with Crippen LogP contribution in [0.2, 0.25) is 5.02 Å². The molecule has 2 aromatic carbocycles. The van der Waals surface area contributed by atoms with E-state index in [-0.39, 0.29) is 18.0 Å². The minimum Gasteiger partial charge on any atom is -0.444 e. The van der Waals surface area contributed by atoms with Crippen LogP contribution in [0.3, 0.4) is 0 Å². The van der Waals surface area contributed by atoms with Crippen molar-refractivity contribution >= 4 is 57.2 Å². The Bertz CT molecular complexity index is 1220. The summed E-state index contributed by atoms with van der Waals surface area (Å²) in [5.41, 5.74) is 3.83. The molecule has 7 nitrogen and oxygen atoms in total. The largest absolute Gasteiger partial charge is 0.444 e. The molecule has 0 N–H and O–H groups in total. The number of carbonyl (C=O) groups is 2. The van der Waals surface area contributed by atoms with E-state index in [0.29, 0.717) is 18.1 Å². The summed E-state index contributed by atoms with van der Waals surface area (Å²) >= 11 is 10.0. The molecule has 1 saturated heterocycles. The summed E-state index contributed by atoms with van der Waals surface area (Å²) in [6, 6.07) is 8.94. The number of benzene rings is 2. The molecular formula is C28H34BrClN4O3. The summed E-state index contributed by atoms with van der Waals surface area (Å²) in [5, 5.41) is 0.595. The fourth-order valence-corrected chi connectivity index (χ4v) is 5.53. The van der Waals surface area contributed by atoms with Gasteiger partial charge < -0.3 is 19.4 Å². The van der Waals surface area contributed by atoms with Gasteiger partial charge in [0.25, 0.3) is 0 Å². The number of nitrogens with zero attached hydrogens (tertiary/aromatic N) is 4. The van der Waals surface area contributed by atoms with Gasteiger partial charge in [0, 0.05) is 40.9 Å². The second-order valence-electron chi connectivity index (χ2n) is 10.9. The third-order valence-corrected chi connectivity index (χ3v) is 7.70. The van der Waals surface area contributed by atoms with Crippen molar-refractivity contribution < 1.29 is 14.3 Å². The number of hydrogen-bond acceptors (Lipinski definition) is 5. The third kappa shape index (κ3) is 6.12. The van der Waals surface area contributed by atoms with Gasteiger partial charge in [0.1, 0.15) is 11.6 Å². The average Bonchev–Trinajstić information content (AvgIpc) is 3.25. The number of amides is 2. The number of hydrogen-bond donors (Lipinski definition) is 0. The van der Waals surface area contributed by atoms with Crippen LogP contribution in [0.25, 0.3) is 0 Å². The Morgan fingerprint density at radius 1 is 1.19 bits per heavy atom. The first-order valence-corrected chi connectivity index (χ1v) is 13.7. The molecule has 1 unspecified atom stereocenters. The quantitative estimate of drug-likeness (QED) is 0.394. The van der Waals surface area contributed by atoms with Crippen molar-refractivity contribution in [1.29, 1.82) is 0 Å². The molecule has 2 aromatic rings. The smallest absolute Gasteiger partial charge is 0.410 e. The van der Waals surface area contributed by atoms with E-state index in [1.165, 1.54) is 0 Å². The highest BCUT2D eigenvalue weighted by atomic mass is 79.9. The van der Waals surface area contributed by atoms with Gasteiger partial charge >= 0.3 is 6.09 Å². The third-order valence-electron chi connectivity index (χ3n) is 6.63. The molecule has 0 bridgehead atoms. The molecule has 1 fully saturated rings. The lowest BCUT2D eigenvalue weighted by atomic mass is 9.97. The van der Waals surface area contributed by atoms with E-state index >= 15 is 0 Å². The number of rotatable bonds is 4. The normalized spacial score (nSPS) is 19.1. The Hall–Kier alpha value is -2.58. The van der Waals surface area contributed by atoms with Crippen LogP contribution in [0, 0.1) is 13.8 Å². The van der Waals surface area contributed by atoms with Crippen LogP contribution in [0.4, 0.5) is 16.2 Å². The van der Waals surface area contributed by atoms with Gasteiger partial charge in [-0.1, -0.05) is 27.5 Å². The molecule has 2 heterocycles. The van der Waals surface area contributed by atoms with E-state index in [4.69, 9.17) is 16.3 Å². The van der Waals surface area contributed by atoms with Gasteiger partial charge in [-0.05, 0) is 88.9 Å². The molecule has 0 aromatic heterocycles. The molecule has 4 rings (SSSR count). The maximum absolute atomic E-state index is 14.1. The summed E-state index contributed by atoms with van der Waals surface area (Å²) in [6.07, 6.45) is 3.08. The molecule has 2 atom stereocenters. The first-order valence-electron chi connectivity index (χ1n) is 12.5. The van der Waals surface area contributed by atoms with Crippen LogP contribution in [-0.2, 0) is 9.53 Å². The van der Waals surface area contributed by atoms with E-state index in [2.05, 4.69) is 20.9 Å². The SMILES string of the molecule is Cc1cc(Cl)cc(N2C=Nc3cc(C)c(Br)cc3C2C(=O)N(C)C[C@@H]2CCCN2C(=O)OC(C)(C)C)c1. The number of anilines is 1. The van der Waals surface area contributed by atoms with Gasteiger partial charge in [0.15, 0.2) is 0 Å². The first-order chi connectivity index (χ1) is 17.3. The lowest BCUT2D eigenvalue weighted by molar-refractivity contribution is -0.132. The molecule has 198 valence electrons. The lowest BCUT2D eigenvalue weighted by Gasteiger charge is -2.37. The van der Waals surface area contributed by atoms with Gasteiger partial charge in [0.05, 0.1) is 18.1 Å². The predicted molar refractivity (Wildman–Crippen MR) is 152 cm³/mol. The summed E-state index contributed by atoms with van der Waals surface area (Å²) in [5.74, 6) is -0.0863. The van der Waals surface area contributed by atoms with Crippen LogP contribution >= 0.6 is 27.5 Å². The Morgan fingerprint density at radius 2 is 1.92 bits per heavy atom. The summed E-state index contributed by atoms with van der Waals surface area (Å²) < 4.78 is 6.53. The number of likely N-dealkylation sites (tertiary alicyclic amines) is 1. The monoisotopic (exact) mass is 588 g/mol. The molecule has 9 heteroatoms. The minimum absolute atomic E-state index is 0.0863. The second-order valence-corrected chi connectivity index (χ2v) is 12.2. The Morgan fingerprint density at radius 3 is 2.59 bits per heavy atom. The van der Waals surface area contributed by atoms with Crippen LogP contribution in [0.5, 0.6) is 0 Å². The minimum atomic E-state index is -0.636. The van der Waals surface area contributed by atoms with Crippen molar-refractivity contribution in [3.63, 3.8) is 0 Å². The second kappa shape index (κ2) is 10.7. The molecule has 2 aliphatic heterocycles. The Balaban J connectivity index is 1.65. The Kier molecular flexibility index (Phi) is 7.91. The summed E-state index contributed by atoms with van der Waals surface area (Å²) in [4.78, 5) is 37.0. The van der Waals surface area contributed by atoms with Crippen molar-refractivity contribution in [3.05, 3.63) is 56.5 Å². The zero-order valence-electron chi connectivity index (χ0n) is 22.2. The Labute approximate surface area is 232 Å². The van der Waals surface area contributed by atoms with E-state index in [9.17, 15) is 9.59 Å². The predicted octanol–water partition coefficient (Wildman–Crippen LogP) is 6.80. The van der Waals surface area contributed by atoms with E-state index < -0.39 is 11.6 Å². The fraction of sp³-hybridized carbons (Fsp3) is 0.464. The summed E-state index contributed by atoms with van der Waals surface area (Å²) in [6.45, 7) is 10.6. The van der Waals surface area contributed by atoms with Crippen molar-refractivity contribution in [2.45, 2.75) is 65.1 Å². The molecule has 0 aliphatic carbocycles. The highest BCUT2D eigenvalue weighted by Gasteiger charge is 2.38. The molecule has 0 radical (unpaired) electrons. The fourth-order valence-electron chi connectivity index (χ4n) is 4.89. The number of aliphatic imine (C=N–C) groups is 1. The van der Waals surface area contributed by atoms with Crippen LogP contribution in [0.15, 0.2) is 39.8 Å². The first kappa shape index (κ1) is 27.5. The van der Waals surface area contributed by atoms with Gasteiger partial charge in [-0.25, -0.2) is 9.79 Å². The van der Waals surface area contributed by atoms with Gasteiger partial charge in [-0.15, -0.1) is 0 Å². The van der Waals surface area contributed by atoms with Gasteiger partial charge in [0.2, 0.25) is 5.91 Å². The number of ether oxygens (including phenoxy) is 1. The zero-order chi connectivity index (χ0) is 27.1. The number of aryl methyl sites for hydroxylation is 2. The highest BCUT2D eigenvalue weighted by molar-refractivity contribution is 9.10. The summed E-state index contributed by atoms with van der Waals surface area (Å²) in [7, 11) is 1.80. The molecule has 0 spiro atoms. The maximum atomic E-state index is 14.1. The number of halogens is 2. The van der Waals surface area contributed by atoms with Crippen LogP contribution in [0.1, 0.15) is 56.3 Å². The number of carbonyl (C=O) groups excluding carboxylic acids is 2. The van der Waals surface area contributed by atoms with Gasteiger partial charge in [-0.2, -0.15) is 0 Å². The molecule has 2 amide bonds. The van der Waals surface area contributed by atoms with Crippen LogP contribution < -0.4 is 4.90 Å². The molecular weight excluding hydrogens is 556 g/mol. The topological polar surface area (TPSA) is 65.5 Å².